The Morgan fingerprint density at radius 2 is 1.83 bits per heavy atom. The summed E-state index contributed by atoms with van der Waals surface area (Å²) in [5, 5.41) is 8.48. The topological polar surface area (TPSA) is 74.7 Å². The number of carbonyl (C=O) groups is 3. The minimum atomic E-state index is -1.24. The van der Waals surface area contributed by atoms with Crippen LogP contribution in [0.15, 0.2) is 0 Å². The van der Waals surface area contributed by atoms with Crippen molar-refractivity contribution < 1.29 is 19.5 Å². The van der Waals surface area contributed by atoms with Gasteiger partial charge in [0.05, 0.1) is 0 Å². The van der Waals surface area contributed by atoms with Crippen molar-refractivity contribution >= 4 is 33.7 Å². The lowest BCUT2D eigenvalue weighted by molar-refractivity contribution is -0.149. The van der Waals surface area contributed by atoms with E-state index in [4.69, 9.17) is 5.11 Å². The summed E-state index contributed by atoms with van der Waals surface area (Å²) in [5.41, 5.74) is 0. The molecular formula is C6H6BrNO4. The lowest BCUT2D eigenvalue weighted by Crippen LogP contribution is -2.40. The van der Waals surface area contributed by atoms with E-state index in [9.17, 15) is 14.4 Å². The van der Waals surface area contributed by atoms with Gasteiger partial charge in [0.25, 0.3) is 0 Å². The predicted octanol–water partition coefficient (Wildman–Crippen LogP) is -0.0590. The molecule has 1 aliphatic heterocycles. The summed E-state index contributed by atoms with van der Waals surface area (Å²) < 4.78 is 0. The van der Waals surface area contributed by atoms with Crippen LogP contribution < -0.4 is 0 Å². The number of hydrogen-bond donors (Lipinski definition) is 1. The fourth-order valence-electron chi connectivity index (χ4n) is 0.957. The fourth-order valence-corrected chi connectivity index (χ4v) is 1.41. The average Bonchev–Trinajstić information content (AvgIpc) is 2.30. The minimum absolute atomic E-state index is 0.105. The van der Waals surface area contributed by atoms with E-state index in [1.54, 1.807) is 0 Å². The van der Waals surface area contributed by atoms with E-state index < -0.39 is 22.7 Å². The number of alkyl halides is 1. The molecule has 0 aromatic rings. The van der Waals surface area contributed by atoms with Gasteiger partial charge in [-0.1, -0.05) is 15.9 Å². The normalized spacial score (nSPS) is 19.9. The first-order valence-electron chi connectivity index (χ1n) is 3.26. The summed E-state index contributed by atoms with van der Waals surface area (Å²) in [5.74, 6) is -2.12. The Morgan fingerprint density at radius 1 is 1.42 bits per heavy atom. The molecule has 12 heavy (non-hydrogen) atoms. The highest BCUT2D eigenvalue weighted by Gasteiger charge is 2.37. The molecule has 0 aromatic carbocycles. The smallest absolute Gasteiger partial charge is 0.338 e. The summed E-state index contributed by atoms with van der Waals surface area (Å²) in [4.78, 5) is 31.8. The first-order chi connectivity index (χ1) is 5.54. The lowest BCUT2D eigenvalue weighted by Gasteiger charge is -2.16. The first-order valence-corrected chi connectivity index (χ1v) is 4.17. The summed E-state index contributed by atoms with van der Waals surface area (Å²) >= 11 is 2.73. The van der Waals surface area contributed by atoms with Gasteiger partial charge in [-0.3, -0.25) is 14.5 Å². The molecule has 66 valence electrons. The summed E-state index contributed by atoms with van der Waals surface area (Å²) in [6.07, 6.45) is 0.211. The molecule has 0 aromatic heterocycles. The number of rotatable bonds is 2. The average molecular weight is 236 g/mol. The van der Waals surface area contributed by atoms with E-state index in [0.29, 0.717) is 0 Å². The molecule has 1 saturated heterocycles. The SMILES string of the molecule is O=C(O)C(Br)N1C(=O)CCC1=O. The number of aliphatic carboxylic acids is 1. The number of carboxylic acids is 1. The maximum atomic E-state index is 10.9. The second-order valence-electron chi connectivity index (χ2n) is 2.33. The third-order valence-corrected chi connectivity index (χ3v) is 2.32. The van der Waals surface area contributed by atoms with Crippen LogP contribution in [0.2, 0.25) is 0 Å². The van der Waals surface area contributed by atoms with Crippen LogP contribution in [-0.4, -0.2) is 32.7 Å². The van der Waals surface area contributed by atoms with Gasteiger partial charge in [-0.15, -0.1) is 0 Å². The standard InChI is InChI=1S/C6H6BrNO4/c7-5(6(11)12)8-3(9)1-2-4(8)10/h5H,1-2H2,(H,11,12). The van der Waals surface area contributed by atoms with Crippen molar-refractivity contribution in [3.63, 3.8) is 0 Å². The summed E-state index contributed by atoms with van der Waals surface area (Å²) in [6.45, 7) is 0. The Balaban J connectivity index is 2.79. The largest absolute Gasteiger partial charge is 0.479 e. The zero-order chi connectivity index (χ0) is 9.30. The van der Waals surface area contributed by atoms with Crippen LogP contribution in [0.1, 0.15) is 12.8 Å². The molecule has 0 spiro atoms. The van der Waals surface area contributed by atoms with Crippen LogP contribution in [0, 0.1) is 0 Å². The lowest BCUT2D eigenvalue weighted by atomic mass is 10.4. The third kappa shape index (κ3) is 1.47. The van der Waals surface area contributed by atoms with Crippen LogP contribution in [0.5, 0.6) is 0 Å². The number of amides is 2. The number of imide groups is 1. The molecule has 1 N–H and O–H groups in total. The molecule has 1 atom stereocenters. The molecule has 0 saturated carbocycles. The number of halogens is 1. The van der Waals surface area contributed by atoms with Crippen molar-refractivity contribution in [2.45, 2.75) is 17.8 Å². The Kier molecular flexibility index (Phi) is 2.46. The summed E-state index contributed by atoms with van der Waals surface area (Å²) in [7, 11) is 0. The molecule has 0 radical (unpaired) electrons. The maximum Gasteiger partial charge on any atom is 0.338 e. The molecule has 2 amide bonds. The van der Waals surface area contributed by atoms with Crippen LogP contribution >= 0.6 is 15.9 Å². The highest BCUT2D eigenvalue weighted by molar-refractivity contribution is 9.09. The molecule has 1 rings (SSSR count). The zero-order valence-corrected chi connectivity index (χ0v) is 7.57. The second kappa shape index (κ2) is 3.22. The van der Waals surface area contributed by atoms with Gasteiger partial charge in [0.15, 0.2) is 4.95 Å². The summed E-state index contributed by atoms with van der Waals surface area (Å²) in [6, 6.07) is 0. The Hall–Kier alpha value is -0.910. The van der Waals surface area contributed by atoms with Gasteiger partial charge in [-0.05, 0) is 0 Å². The monoisotopic (exact) mass is 235 g/mol. The van der Waals surface area contributed by atoms with Crippen molar-refractivity contribution in [3.05, 3.63) is 0 Å². The van der Waals surface area contributed by atoms with Gasteiger partial charge in [0.1, 0.15) is 0 Å². The number of carboxylic acid groups (broad SMARTS) is 1. The molecule has 0 bridgehead atoms. The Bertz CT molecular complexity index is 236. The van der Waals surface area contributed by atoms with Crippen molar-refractivity contribution in [1.82, 2.24) is 4.90 Å². The molecule has 1 heterocycles. The predicted molar refractivity (Wildman–Crippen MR) is 41.4 cm³/mol. The van der Waals surface area contributed by atoms with Crippen molar-refractivity contribution in [3.8, 4) is 0 Å². The van der Waals surface area contributed by atoms with Gasteiger partial charge in [-0.25, -0.2) is 4.79 Å². The highest BCUT2D eigenvalue weighted by atomic mass is 79.9. The molecule has 5 nitrogen and oxygen atoms in total. The van der Waals surface area contributed by atoms with E-state index in [1.807, 2.05) is 0 Å². The third-order valence-electron chi connectivity index (χ3n) is 1.52. The van der Waals surface area contributed by atoms with Crippen LogP contribution in [-0.2, 0) is 14.4 Å². The quantitative estimate of drug-likeness (QED) is 0.414. The van der Waals surface area contributed by atoms with E-state index in [2.05, 4.69) is 15.9 Å². The molecular weight excluding hydrogens is 230 g/mol. The molecule has 1 fully saturated rings. The van der Waals surface area contributed by atoms with Crippen LogP contribution in [0.4, 0.5) is 0 Å². The Labute approximate surface area is 76.5 Å². The van der Waals surface area contributed by atoms with Gasteiger partial charge < -0.3 is 5.11 Å². The van der Waals surface area contributed by atoms with Crippen molar-refractivity contribution in [2.24, 2.45) is 0 Å². The van der Waals surface area contributed by atoms with Crippen molar-refractivity contribution in [2.75, 3.05) is 0 Å². The molecule has 1 aliphatic rings. The second-order valence-corrected chi connectivity index (χ2v) is 3.20. The van der Waals surface area contributed by atoms with Gasteiger partial charge in [0.2, 0.25) is 11.8 Å². The van der Waals surface area contributed by atoms with E-state index >= 15 is 0 Å². The number of hydrogen-bond acceptors (Lipinski definition) is 3. The minimum Gasteiger partial charge on any atom is -0.479 e. The molecule has 1 unspecified atom stereocenters. The highest BCUT2D eigenvalue weighted by Crippen LogP contribution is 2.18. The molecule has 6 heteroatoms. The number of likely N-dealkylation sites (tertiary alicyclic amines) is 1. The fraction of sp³-hybridized carbons (Fsp3) is 0.500. The molecule has 0 aliphatic carbocycles. The van der Waals surface area contributed by atoms with E-state index in [0.717, 1.165) is 4.90 Å². The van der Waals surface area contributed by atoms with E-state index in [1.165, 1.54) is 0 Å². The maximum absolute atomic E-state index is 10.9. The van der Waals surface area contributed by atoms with Crippen LogP contribution in [0.3, 0.4) is 0 Å². The Morgan fingerprint density at radius 3 is 2.17 bits per heavy atom. The zero-order valence-electron chi connectivity index (χ0n) is 5.99. The van der Waals surface area contributed by atoms with Crippen LogP contribution in [0.25, 0.3) is 0 Å². The van der Waals surface area contributed by atoms with Gasteiger partial charge >= 0.3 is 5.97 Å². The van der Waals surface area contributed by atoms with Gasteiger partial charge in [0, 0.05) is 12.8 Å². The van der Waals surface area contributed by atoms with Crippen molar-refractivity contribution in [1.29, 1.82) is 0 Å². The number of carbonyl (C=O) groups excluding carboxylic acids is 2. The number of nitrogens with zero attached hydrogens (tertiary/aromatic N) is 1. The van der Waals surface area contributed by atoms with Gasteiger partial charge in [-0.2, -0.15) is 0 Å². The van der Waals surface area contributed by atoms with E-state index in [-0.39, 0.29) is 12.8 Å². The first kappa shape index (κ1) is 9.18.